The van der Waals surface area contributed by atoms with Gasteiger partial charge < -0.3 is 4.90 Å². The molecule has 37 heavy (non-hydrogen) atoms. The molecule has 1 aliphatic heterocycles. The van der Waals surface area contributed by atoms with Gasteiger partial charge in [-0.15, -0.1) is 11.3 Å². The van der Waals surface area contributed by atoms with Gasteiger partial charge in [0.15, 0.2) is 5.78 Å². The Morgan fingerprint density at radius 1 is 1.19 bits per heavy atom. The average molecular weight is 528 g/mol. The Hall–Kier alpha value is -3.79. The monoisotopic (exact) mass is 527 g/mol. The average Bonchev–Trinajstić information content (AvgIpc) is 3.52. The maximum atomic E-state index is 12.8. The number of alkyl halides is 3. The van der Waals surface area contributed by atoms with E-state index in [1.54, 1.807) is 31.4 Å². The summed E-state index contributed by atoms with van der Waals surface area (Å²) in [5.41, 5.74) is 3.09. The fourth-order valence-corrected chi connectivity index (χ4v) is 5.36. The highest BCUT2D eigenvalue weighted by Crippen LogP contribution is 2.31. The number of amides is 1. The molecule has 0 N–H and O–H groups in total. The third-order valence-electron chi connectivity index (χ3n) is 6.14. The van der Waals surface area contributed by atoms with Crippen LogP contribution in [0.1, 0.15) is 66.6 Å². The third kappa shape index (κ3) is 5.64. The summed E-state index contributed by atoms with van der Waals surface area (Å²) in [6, 6.07) is 9.04. The van der Waals surface area contributed by atoms with Gasteiger partial charge in [0.05, 0.1) is 18.3 Å². The number of rotatable bonds is 4. The van der Waals surface area contributed by atoms with Crippen LogP contribution >= 0.6 is 11.3 Å². The molecule has 0 aliphatic carbocycles. The summed E-state index contributed by atoms with van der Waals surface area (Å²) in [6.45, 7) is 4.53. The quantitative estimate of drug-likeness (QED) is 0.246. The summed E-state index contributed by atoms with van der Waals surface area (Å²) in [7, 11) is 0. The molecule has 1 aliphatic rings. The first kappa shape index (κ1) is 26.3. The molecule has 4 aromatic rings. The number of hydrogen-bond acceptors (Lipinski definition) is 5. The van der Waals surface area contributed by atoms with Crippen molar-refractivity contribution in [2.75, 3.05) is 6.54 Å². The van der Waals surface area contributed by atoms with Crippen molar-refractivity contribution in [3.05, 3.63) is 92.6 Å². The topological polar surface area (TPSA) is 71.8 Å². The van der Waals surface area contributed by atoms with Crippen molar-refractivity contribution in [3.63, 3.8) is 0 Å². The van der Waals surface area contributed by atoms with Gasteiger partial charge in [0.25, 0.3) is 5.91 Å². The van der Waals surface area contributed by atoms with Crippen LogP contribution in [0, 0.1) is 0 Å². The van der Waals surface area contributed by atoms with Gasteiger partial charge in [-0.05, 0) is 61.2 Å². The Balaban J connectivity index is 0.000000197. The summed E-state index contributed by atoms with van der Waals surface area (Å²) < 4.78 is 38.7. The van der Waals surface area contributed by atoms with Crippen molar-refractivity contribution < 1.29 is 27.6 Å². The van der Waals surface area contributed by atoms with Crippen LogP contribution < -0.4 is 0 Å². The minimum Gasteiger partial charge on any atom is -0.332 e. The highest BCUT2D eigenvalue weighted by atomic mass is 32.1. The third-order valence-corrected chi connectivity index (χ3v) is 7.15. The number of nitrogens with zero attached hydrogens (tertiary/aromatic N) is 3. The normalized spacial score (nSPS) is 13.1. The van der Waals surface area contributed by atoms with Gasteiger partial charge in [-0.3, -0.25) is 18.8 Å². The predicted octanol–water partition coefficient (Wildman–Crippen LogP) is 5.88. The molecule has 0 spiro atoms. The fraction of sp³-hybridized carbons (Fsp3) is 0.259. The van der Waals surface area contributed by atoms with E-state index in [1.807, 2.05) is 39.1 Å². The summed E-state index contributed by atoms with van der Waals surface area (Å²) >= 11 is 1.57. The number of ketones is 1. The largest absolute Gasteiger partial charge is 0.416 e. The van der Waals surface area contributed by atoms with Crippen LogP contribution in [-0.4, -0.2) is 38.8 Å². The Bertz CT molecular complexity index is 1470. The molecule has 192 valence electrons. The van der Waals surface area contributed by atoms with Gasteiger partial charge in [0, 0.05) is 34.1 Å². The second-order valence-corrected chi connectivity index (χ2v) is 9.55. The van der Waals surface area contributed by atoms with E-state index in [9.17, 15) is 27.6 Å². The minimum atomic E-state index is -4.39. The number of imidazole rings is 1. The van der Waals surface area contributed by atoms with E-state index >= 15 is 0 Å². The number of hydrogen-bond donors (Lipinski definition) is 0. The first-order chi connectivity index (χ1) is 17.6. The van der Waals surface area contributed by atoms with Crippen LogP contribution in [0.15, 0.2) is 54.2 Å². The first-order valence-electron chi connectivity index (χ1n) is 11.6. The van der Waals surface area contributed by atoms with E-state index < -0.39 is 11.7 Å². The predicted molar refractivity (Wildman–Crippen MR) is 134 cm³/mol. The Morgan fingerprint density at radius 3 is 2.65 bits per heavy atom. The lowest BCUT2D eigenvalue weighted by molar-refractivity contribution is -0.137. The molecule has 0 radical (unpaired) electrons. The van der Waals surface area contributed by atoms with Crippen molar-refractivity contribution in [2.24, 2.45) is 0 Å². The summed E-state index contributed by atoms with van der Waals surface area (Å²) in [6.07, 6.45) is 0.727. The molecule has 3 aromatic heterocycles. The number of aryl methyl sites for hydroxylation is 1. The van der Waals surface area contributed by atoms with Crippen LogP contribution in [-0.2, 0) is 25.6 Å². The van der Waals surface area contributed by atoms with Crippen LogP contribution in [0.5, 0.6) is 0 Å². The molecule has 0 fully saturated rings. The van der Waals surface area contributed by atoms with Gasteiger partial charge in [0.1, 0.15) is 17.6 Å². The van der Waals surface area contributed by atoms with E-state index in [4.69, 9.17) is 0 Å². The van der Waals surface area contributed by atoms with E-state index in [-0.39, 0.29) is 17.3 Å². The number of benzene rings is 1. The van der Waals surface area contributed by atoms with Crippen molar-refractivity contribution in [1.82, 2.24) is 14.3 Å². The molecule has 0 bridgehead atoms. The molecular weight excluding hydrogens is 503 g/mol. The molecule has 5 rings (SSSR count). The molecular formula is C27H24F3N3O3S. The van der Waals surface area contributed by atoms with Gasteiger partial charge in [0.2, 0.25) is 0 Å². The number of carbonyl (C=O) groups excluding carboxylic acids is 3. The van der Waals surface area contributed by atoms with Crippen molar-refractivity contribution in [1.29, 1.82) is 0 Å². The zero-order chi connectivity index (χ0) is 26.7. The molecule has 0 saturated carbocycles. The Labute approximate surface area is 215 Å². The number of pyridine rings is 1. The number of aldehydes is 1. The van der Waals surface area contributed by atoms with Crippen LogP contribution in [0.4, 0.5) is 13.2 Å². The van der Waals surface area contributed by atoms with Crippen molar-refractivity contribution >= 4 is 35.0 Å². The highest BCUT2D eigenvalue weighted by Gasteiger charge is 2.31. The summed E-state index contributed by atoms with van der Waals surface area (Å²) in [4.78, 5) is 42.1. The highest BCUT2D eigenvalue weighted by molar-refractivity contribution is 7.10. The molecule has 6 nitrogen and oxygen atoms in total. The lowest BCUT2D eigenvalue weighted by Gasteiger charge is -2.27. The standard InChI is InChI=1S/C17H15N3O2S.C10H9F3O/c1-11(21)13-10-23-15-9-19(7-5-12(13)15)17(22)14-8-18-16-4-2-3-6-20(14)16;1-2-7-3-8(6-14)5-9(4-7)10(11,12)13/h2-4,6,8,10H,5,7,9H2,1H3;3-6H,2H2,1H3. The smallest absolute Gasteiger partial charge is 0.332 e. The number of aromatic nitrogens is 2. The molecule has 1 amide bonds. The van der Waals surface area contributed by atoms with Crippen molar-refractivity contribution in [3.8, 4) is 0 Å². The van der Waals surface area contributed by atoms with E-state index in [1.165, 1.54) is 6.07 Å². The zero-order valence-corrected chi connectivity index (χ0v) is 21.0. The maximum absolute atomic E-state index is 12.8. The molecule has 0 saturated heterocycles. The molecule has 4 heterocycles. The second-order valence-electron chi connectivity index (χ2n) is 8.59. The van der Waals surface area contributed by atoms with Gasteiger partial charge >= 0.3 is 6.18 Å². The number of fused-ring (bicyclic) bond motifs is 2. The Kier molecular flexibility index (Phi) is 7.58. The van der Waals surface area contributed by atoms with E-state index in [2.05, 4.69) is 4.98 Å². The molecule has 0 atom stereocenters. The van der Waals surface area contributed by atoms with Crippen LogP contribution in [0.3, 0.4) is 0 Å². The van der Waals surface area contributed by atoms with E-state index in [0.29, 0.717) is 37.1 Å². The molecule has 1 aromatic carbocycles. The number of thiophene rings is 1. The lowest BCUT2D eigenvalue weighted by atomic mass is 10.0. The number of halogens is 3. The van der Waals surface area contributed by atoms with Gasteiger partial charge in [-0.1, -0.05) is 13.0 Å². The summed E-state index contributed by atoms with van der Waals surface area (Å²) in [5.74, 6) is 0.0798. The number of Topliss-reactive ketones (excluding diaryl/α,β-unsaturated/α-hetero) is 1. The van der Waals surface area contributed by atoms with E-state index in [0.717, 1.165) is 40.2 Å². The first-order valence-corrected chi connectivity index (χ1v) is 12.5. The second kappa shape index (κ2) is 10.7. The molecule has 10 heteroatoms. The van der Waals surface area contributed by atoms with Gasteiger partial charge in [-0.25, -0.2) is 4.98 Å². The van der Waals surface area contributed by atoms with Crippen molar-refractivity contribution in [2.45, 2.75) is 39.4 Å². The van der Waals surface area contributed by atoms with Gasteiger partial charge in [-0.2, -0.15) is 13.2 Å². The fourth-order valence-electron chi connectivity index (χ4n) is 4.20. The molecule has 0 unspecified atom stereocenters. The lowest BCUT2D eigenvalue weighted by Crippen LogP contribution is -2.36. The summed E-state index contributed by atoms with van der Waals surface area (Å²) in [5, 5.41) is 1.91. The van der Waals surface area contributed by atoms with Crippen LogP contribution in [0.25, 0.3) is 5.65 Å². The maximum Gasteiger partial charge on any atom is 0.416 e. The van der Waals surface area contributed by atoms with Crippen LogP contribution in [0.2, 0.25) is 0 Å². The minimum absolute atomic E-state index is 0.0212. The SMILES string of the molecule is CC(=O)c1csc2c1CCN(C(=O)c1cnc3ccccn13)C2.CCc1cc(C=O)cc(C(F)(F)F)c1. The Morgan fingerprint density at radius 2 is 1.97 bits per heavy atom. The number of carbonyl (C=O) groups is 3. The zero-order valence-electron chi connectivity index (χ0n) is 20.2.